The van der Waals surface area contributed by atoms with Crippen LogP contribution in [0, 0.1) is 0 Å². The topological polar surface area (TPSA) is 36.4 Å². The van der Waals surface area contributed by atoms with Gasteiger partial charge in [0.1, 0.15) is 0 Å². The number of thiazole rings is 1. The third-order valence-corrected chi connectivity index (χ3v) is 2.43. The number of aliphatic hydroxyl groups is 1. The fourth-order valence-electron chi connectivity index (χ4n) is 1.10. The van der Waals surface area contributed by atoms with Crippen LogP contribution in [0.25, 0.3) is 0 Å². The second kappa shape index (κ2) is 5.85. The first kappa shape index (κ1) is 10.4. The first-order valence-electron chi connectivity index (χ1n) is 4.18. The molecule has 1 rings (SSSR count). The Bertz CT molecular complexity index is 236. The second-order valence-corrected chi connectivity index (χ2v) is 3.69. The second-order valence-electron chi connectivity index (χ2n) is 2.72. The maximum absolute atomic E-state index is 8.80. The Kier molecular flexibility index (Phi) is 4.67. The molecule has 0 bridgehead atoms. The Hall–Kier alpha value is -0.710. The maximum atomic E-state index is 8.80. The molecule has 4 heteroatoms. The quantitative estimate of drug-likeness (QED) is 0.696. The van der Waals surface area contributed by atoms with Crippen LogP contribution in [0.1, 0.15) is 4.88 Å². The first-order chi connectivity index (χ1) is 6.36. The molecule has 0 spiro atoms. The van der Waals surface area contributed by atoms with Crippen LogP contribution < -0.4 is 0 Å². The van der Waals surface area contributed by atoms with E-state index in [9.17, 15) is 0 Å². The lowest BCUT2D eigenvalue weighted by Gasteiger charge is -2.17. The molecule has 0 atom stereocenters. The molecule has 0 fully saturated rings. The van der Waals surface area contributed by atoms with E-state index in [-0.39, 0.29) is 6.61 Å². The fraction of sp³-hybridized carbons (Fsp3) is 0.444. The van der Waals surface area contributed by atoms with Crippen molar-refractivity contribution in [2.24, 2.45) is 0 Å². The lowest BCUT2D eigenvalue weighted by molar-refractivity contribution is 0.204. The highest BCUT2D eigenvalue weighted by Gasteiger charge is 2.03. The molecule has 0 aliphatic heterocycles. The highest BCUT2D eigenvalue weighted by Crippen LogP contribution is 2.08. The van der Waals surface area contributed by atoms with Gasteiger partial charge in [-0.15, -0.1) is 17.9 Å². The standard InChI is InChI=1S/C9H14N2OS/c1-2-3-11(4-5-12)7-9-6-10-8-13-9/h2,6,8,12H,1,3-5,7H2. The first-order valence-corrected chi connectivity index (χ1v) is 5.06. The summed E-state index contributed by atoms with van der Waals surface area (Å²) in [7, 11) is 0. The smallest absolute Gasteiger partial charge is 0.0794 e. The molecule has 3 nitrogen and oxygen atoms in total. The third kappa shape index (κ3) is 3.67. The molecular weight excluding hydrogens is 184 g/mol. The van der Waals surface area contributed by atoms with Crippen molar-refractivity contribution in [2.45, 2.75) is 6.54 Å². The molecule has 0 aliphatic carbocycles. The normalized spacial score (nSPS) is 10.6. The van der Waals surface area contributed by atoms with E-state index in [1.807, 2.05) is 17.8 Å². The van der Waals surface area contributed by atoms with Crippen molar-refractivity contribution in [1.29, 1.82) is 0 Å². The van der Waals surface area contributed by atoms with E-state index in [1.165, 1.54) is 4.88 Å². The molecule has 0 amide bonds. The lowest BCUT2D eigenvalue weighted by Crippen LogP contribution is -2.26. The molecule has 72 valence electrons. The van der Waals surface area contributed by atoms with E-state index in [4.69, 9.17) is 5.11 Å². The zero-order valence-electron chi connectivity index (χ0n) is 7.52. The monoisotopic (exact) mass is 198 g/mol. The average Bonchev–Trinajstić information content (AvgIpc) is 2.58. The molecule has 13 heavy (non-hydrogen) atoms. The zero-order chi connectivity index (χ0) is 9.52. The molecule has 1 heterocycles. The van der Waals surface area contributed by atoms with Gasteiger partial charge in [0.15, 0.2) is 0 Å². The predicted octanol–water partition coefficient (Wildman–Crippen LogP) is 1.12. The van der Waals surface area contributed by atoms with Crippen molar-refractivity contribution in [3.63, 3.8) is 0 Å². The number of aliphatic hydroxyl groups excluding tert-OH is 1. The summed E-state index contributed by atoms with van der Waals surface area (Å²) in [5.74, 6) is 0. The van der Waals surface area contributed by atoms with E-state index in [2.05, 4.69) is 16.5 Å². The van der Waals surface area contributed by atoms with Gasteiger partial charge in [-0.25, -0.2) is 0 Å². The van der Waals surface area contributed by atoms with Gasteiger partial charge in [0, 0.05) is 30.7 Å². The minimum absolute atomic E-state index is 0.187. The van der Waals surface area contributed by atoms with Gasteiger partial charge in [0.25, 0.3) is 0 Å². The summed E-state index contributed by atoms with van der Waals surface area (Å²) in [4.78, 5) is 7.34. The summed E-state index contributed by atoms with van der Waals surface area (Å²) in [6, 6.07) is 0. The van der Waals surface area contributed by atoms with Crippen LogP contribution in [0.3, 0.4) is 0 Å². The molecule has 0 saturated heterocycles. The predicted molar refractivity (Wildman–Crippen MR) is 54.7 cm³/mol. The van der Waals surface area contributed by atoms with E-state index >= 15 is 0 Å². The molecule has 0 radical (unpaired) electrons. The molecule has 1 aromatic heterocycles. The Morgan fingerprint density at radius 2 is 2.54 bits per heavy atom. The van der Waals surface area contributed by atoms with Crippen molar-refractivity contribution >= 4 is 11.3 Å². The van der Waals surface area contributed by atoms with E-state index < -0.39 is 0 Å². The van der Waals surface area contributed by atoms with Gasteiger partial charge in [-0.1, -0.05) is 6.08 Å². The Morgan fingerprint density at radius 1 is 1.69 bits per heavy atom. The molecular formula is C9H14N2OS. The van der Waals surface area contributed by atoms with Gasteiger partial charge in [0.2, 0.25) is 0 Å². The molecule has 1 aromatic rings. The lowest BCUT2D eigenvalue weighted by atomic mass is 10.4. The fourth-order valence-corrected chi connectivity index (χ4v) is 1.74. The van der Waals surface area contributed by atoms with Crippen LogP contribution in [-0.2, 0) is 6.54 Å². The third-order valence-electron chi connectivity index (χ3n) is 1.67. The highest BCUT2D eigenvalue weighted by molar-refractivity contribution is 7.09. The summed E-state index contributed by atoms with van der Waals surface area (Å²) in [6.45, 7) is 6.20. The minimum atomic E-state index is 0.187. The Labute approximate surface area is 82.3 Å². The largest absolute Gasteiger partial charge is 0.395 e. The summed E-state index contributed by atoms with van der Waals surface area (Å²) < 4.78 is 0. The molecule has 0 saturated carbocycles. The van der Waals surface area contributed by atoms with Gasteiger partial charge in [0.05, 0.1) is 12.1 Å². The van der Waals surface area contributed by atoms with Crippen LogP contribution >= 0.6 is 11.3 Å². The van der Waals surface area contributed by atoms with Crippen LogP contribution in [0.15, 0.2) is 24.4 Å². The number of aromatic nitrogens is 1. The summed E-state index contributed by atoms with van der Waals surface area (Å²) in [5.41, 5.74) is 1.82. The van der Waals surface area contributed by atoms with Crippen molar-refractivity contribution in [1.82, 2.24) is 9.88 Å². The van der Waals surface area contributed by atoms with E-state index in [0.717, 1.165) is 13.1 Å². The molecule has 0 aromatic carbocycles. The summed E-state index contributed by atoms with van der Waals surface area (Å²) in [6.07, 6.45) is 3.70. The van der Waals surface area contributed by atoms with Gasteiger partial charge in [-0.2, -0.15) is 0 Å². The highest BCUT2D eigenvalue weighted by atomic mass is 32.1. The van der Waals surface area contributed by atoms with Gasteiger partial charge in [-0.3, -0.25) is 9.88 Å². The molecule has 0 unspecified atom stereocenters. The minimum Gasteiger partial charge on any atom is -0.395 e. The SMILES string of the molecule is C=CCN(CCO)Cc1cncs1. The van der Waals surface area contributed by atoms with Crippen LogP contribution in [-0.4, -0.2) is 34.7 Å². The molecule has 1 N–H and O–H groups in total. The van der Waals surface area contributed by atoms with Crippen LogP contribution in [0.5, 0.6) is 0 Å². The van der Waals surface area contributed by atoms with E-state index in [0.29, 0.717) is 6.54 Å². The Morgan fingerprint density at radius 3 is 3.08 bits per heavy atom. The van der Waals surface area contributed by atoms with Crippen molar-refractivity contribution in [3.8, 4) is 0 Å². The van der Waals surface area contributed by atoms with Crippen molar-refractivity contribution in [3.05, 3.63) is 29.2 Å². The van der Waals surface area contributed by atoms with Crippen molar-refractivity contribution in [2.75, 3.05) is 19.7 Å². The Balaban J connectivity index is 2.42. The number of hydrogen-bond donors (Lipinski definition) is 1. The van der Waals surface area contributed by atoms with Crippen molar-refractivity contribution < 1.29 is 5.11 Å². The van der Waals surface area contributed by atoms with Gasteiger partial charge >= 0.3 is 0 Å². The maximum Gasteiger partial charge on any atom is 0.0794 e. The zero-order valence-corrected chi connectivity index (χ0v) is 8.33. The summed E-state index contributed by atoms with van der Waals surface area (Å²) >= 11 is 1.63. The van der Waals surface area contributed by atoms with Gasteiger partial charge < -0.3 is 5.11 Å². The number of nitrogens with zero attached hydrogens (tertiary/aromatic N) is 2. The number of rotatable bonds is 6. The van der Waals surface area contributed by atoms with Crippen LogP contribution in [0.2, 0.25) is 0 Å². The molecule has 0 aliphatic rings. The average molecular weight is 198 g/mol. The number of hydrogen-bond acceptors (Lipinski definition) is 4. The van der Waals surface area contributed by atoms with Gasteiger partial charge in [-0.05, 0) is 0 Å². The van der Waals surface area contributed by atoms with E-state index in [1.54, 1.807) is 11.3 Å². The summed E-state index contributed by atoms with van der Waals surface area (Å²) in [5, 5.41) is 8.80. The van der Waals surface area contributed by atoms with Crippen LogP contribution in [0.4, 0.5) is 0 Å².